The van der Waals surface area contributed by atoms with E-state index < -0.39 is 0 Å². The second-order valence-corrected chi connectivity index (χ2v) is 7.86. The summed E-state index contributed by atoms with van der Waals surface area (Å²) in [5, 5.41) is 16.8. The van der Waals surface area contributed by atoms with Gasteiger partial charge in [-0.3, -0.25) is 9.88 Å². The molecule has 29 heavy (non-hydrogen) atoms. The van der Waals surface area contributed by atoms with Gasteiger partial charge in [0.15, 0.2) is 0 Å². The predicted octanol–water partition coefficient (Wildman–Crippen LogP) is 3.87. The summed E-state index contributed by atoms with van der Waals surface area (Å²) in [4.78, 5) is 6.75. The van der Waals surface area contributed by atoms with Crippen LogP contribution in [0.2, 0.25) is 0 Å². The number of likely N-dealkylation sites (tertiary alicyclic amines) is 1. The minimum Gasteiger partial charge on any atom is -0.395 e. The molecule has 0 radical (unpaired) electrons. The highest BCUT2D eigenvalue weighted by Crippen LogP contribution is 2.27. The summed E-state index contributed by atoms with van der Waals surface area (Å²) < 4.78 is 2.17. The number of rotatable bonds is 6. The minimum absolute atomic E-state index is 0.161. The highest BCUT2D eigenvalue weighted by molar-refractivity contribution is 5.93. The number of pyridine rings is 1. The van der Waals surface area contributed by atoms with E-state index in [1.807, 2.05) is 12.4 Å². The monoisotopic (exact) mass is 386 g/mol. The van der Waals surface area contributed by atoms with Crippen molar-refractivity contribution in [1.29, 1.82) is 0 Å². The van der Waals surface area contributed by atoms with Gasteiger partial charge >= 0.3 is 0 Å². The van der Waals surface area contributed by atoms with Crippen molar-refractivity contribution >= 4 is 27.4 Å². The maximum absolute atomic E-state index is 9.38. The maximum atomic E-state index is 9.38. The summed E-state index contributed by atoms with van der Waals surface area (Å²) in [6.45, 7) is 3.86. The lowest BCUT2D eigenvalue weighted by molar-refractivity contribution is 0.277. The molecular formula is C24H26N4O. The Bertz CT molecular complexity index is 1130. The van der Waals surface area contributed by atoms with Crippen molar-refractivity contribution in [3.05, 3.63) is 72.7 Å². The number of aliphatic hydroxyl groups excluding tert-OH is 1. The number of anilines is 1. The first-order chi connectivity index (χ1) is 14.3. The number of benzene rings is 2. The van der Waals surface area contributed by atoms with E-state index in [0.717, 1.165) is 26.1 Å². The van der Waals surface area contributed by atoms with Crippen LogP contribution in [-0.2, 0) is 13.1 Å². The molecule has 1 fully saturated rings. The molecule has 3 heterocycles. The summed E-state index contributed by atoms with van der Waals surface area (Å²) in [6.07, 6.45) is 7.12. The molecule has 0 bridgehead atoms. The molecule has 0 saturated carbocycles. The molecule has 2 aromatic heterocycles. The van der Waals surface area contributed by atoms with Crippen molar-refractivity contribution in [2.24, 2.45) is 0 Å². The van der Waals surface area contributed by atoms with Crippen LogP contribution in [0.25, 0.3) is 21.7 Å². The maximum Gasteiger partial charge on any atom is 0.0610 e. The van der Waals surface area contributed by atoms with Crippen LogP contribution in [-0.4, -0.2) is 45.3 Å². The molecule has 1 saturated heterocycles. The number of para-hydroxylation sites is 1. The van der Waals surface area contributed by atoms with E-state index in [2.05, 4.69) is 74.5 Å². The van der Waals surface area contributed by atoms with Crippen LogP contribution in [0, 0.1) is 0 Å². The molecule has 1 aliphatic rings. The lowest BCUT2D eigenvalue weighted by atomic mass is 10.1. The van der Waals surface area contributed by atoms with E-state index in [0.29, 0.717) is 12.6 Å². The molecule has 1 aliphatic heterocycles. The third kappa shape index (κ3) is 3.59. The van der Waals surface area contributed by atoms with E-state index in [4.69, 9.17) is 0 Å². The Morgan fingerprint density at radius 2 is 2.00 bits per heavy atom. The number of fused-ring (bicyclic) bond motifs is 2. The smallest absolute Gasteiger partial charge is 0.0610 e. The van der Waals surface area contributed by atoms with Crippen LogP contribution in [0.5, 0.6) is 0 Å². The molecule has 4 aromatic rings. The third-order valence-corrected chi connectivity index (χ3v) is 5.92. The number of hydrogen-bond acceptors (Lipinski definition) is 4. The van der Waals surface area contributed by atoms with Crippen LogP contribution in [0.15, 0.2) is 67.1 Å². The van der Waals surface area contributed by atoms with E-state index in [1.54, 1.807) is 0 Å². The van der Waals surface area contributed by atoms with Gasteiger partial charge in [-0.05, 0) is 30.2 Å². The fraction of sp³-hybridized carbons (Fsp3) is 0.292. The fourth-order valence-electron chi connectivity index (χ4n) is 4.54. The van der Waals surface area contributed by atoms with Crippen molar-refractivity contribution in [3.63, 3.8) is 0 Å². The Morgan fingerprint density at radius 1 is 1.07 bits per heavy atom. The van der Waals surface area contributed by atoms with Crippen molar-refractivity contribution in [2.45, 2.75) is 25.6 Å². The average molecular weight is 386 g/mol. The normalized spacial score (nSPS) is 17.3. The minimum atomic E-state index is 0.161. The van der Waals surface area contributed by atoms with E-state index >= 15 is 0 Å². The van der Waals surface area contributed by atoms with Crippen molar-refractivity contribution in [1.82, 2.24) is 14.5 Å². The summed E-state index contributed by atoms with van der Waals surface area (Å²) >= 11 is 0. The first-order valence-electron chi connectivity index (χ1n) is 10.3. The number of aliphatic hydroxyl groups is 1. The van der Waals surface area contributed by atoms with Gasteiger partial charge in [0.1, 0.15) is 0 Å². The Hall–Kier alpha value is -2.89. The molecule has 2 N–H and O–H groups in total. The number of aromatic nitrogens is 2. The third-order valence-electron chi connectivity index (χ3n) is 5.92. The molecule has 0 aliphatic carbocycles. The van der Waals surface area contributed by atoms with Gasteiger partial charge in [0, 0.05) is 78.2 Å². The van der Waals surface area contributed by atoms with Crippen LogP contribution in [0.4, 0.5) is 5.69 Å². The van der Waals surface area contributed by atoms with Gasteiger partial charge in [0.2, 0.25) is 0 Å². The van der Waals surface area contributed by atoms with Crippen LogP contribution < -0.4 is 5.32 Å². The molecule has 0 spiro atoms. The van der Waals surface area contributed by atoms with E-state index in [-0.39, 0.29) is 6.61 Å². The van der Waals surface area contributed by atoms with E-state index in [9.17, 15) is 5.11 Å². The Labute approximate surface area is 170 Å². The zero-order valence-electron chi connectivity index (χ0n) is 16.5. The van der Waals surface area contributed by atoms with Gasteiger partial charge in [-0.15, -0.1) is 0 Å². The first kappa shape index (κ1) is 18.2. The standard InChI is InChI=1S/C24H26N4O/c29-13-12-28-16-19(22-5-1-2-7-24(22)28)15-27-11-9-20(17-27)26-23-6-3-4-18-14-25-10-8-21(18)23/h1-8,10,14,16,20,26,29H,9,11-13,15,17H2/t20-/m1/s1. The van der Waals surface area contributed by atoms with Gasteiger partial charge in [-0.1, -0.05) is 30.3 Å². The molecule has 5 nitrogen and oxygen atoms in total. The SMILES string of the molecule is OCCn1cc(CN2CC[C@@H](Nc3cccc4cnccc34)C2)c2ccccc21. The quantitative estimate of drug-likeness (QED) is 0.528. The molecule has 0 amide bonds. The van der Waals surface area contributed by atoms with Gasteiger partial charge < -0.3 is 15.0 Å². The molecule has 148 valence electrons. The Balaban J connectivity index is 1.31. The largest absolute Gasteiger partial charge is 0.395 e. The lowest BCUT2D eigenvalue weighted by Gasteiger charge is -2.18. The van der Waals surface area contributed by atoms with Gasteiger partial charge in [-0.2, -0.15) is 0 Å². The Kier molecular flexibility index (Phi) is 4.92. The highest BCUT2D eigenvalue weighted by atomic mass is 16.3. The summed E-state index contributed by atoms with van der Waals surface area (Å²) in [5.41, 5.74) is 3.73. The fourth-order valence-corrected chi connectivity index (χ4v) is 4.54. The molecule has 0 unspecified atom stereocenters. The second kappa shape index (κ2) is 7.85. The zero-order chi connectivity index (χ0) is 19.6. The summed E-state index contributed by atoms with van der Waals surface area (Å²) in [7, 11) is 0. The van der Waals surface area contributed by atoms with Crippen molar-refractivity contribution in [3.8, 4) is 0 Å². The number of nitrogens with one attached hydrogen (secondary N) is 1. The summed E-state index contributed by atoms with van der Waals surface area (Å²) in [5.74, 6) is 0. The second-order valence-electron chi connectivity index (χ2n) is 7.86. The van der Waals surface area contributed by atoms with E-state index in [1.165, 1.54) is 32.9 Å². The molecule has 5 heteroatoms. The first-order valence-corrected chi connectivity index (χ1v) is 10.3. The van der Waals surface area contributed by atoms with Gasteiger partial charge in [0.25, 0.3) is 0 Å². The van der Waals surface area contributed by atoms with Crippen molar-refractivity contribution < 1.29 is 5.11 Å². The highest BCUT2D eigenvalue weighted by Gasteiger charge is 2.24. The predicted molar refractivity (Wildman–Crippen MR) is 118 cm³/mol. The zero-order valence-corrected chi connectivity index (χ0v) is 16.5. The lowest BCUT2D eigenvalue weighted by Crippen LogP contribution is -2.26. The van der Waals surface area contributed by atoms with Crippen LogP contribution >= 0.6 is 0 Å². The number of hydrogen-bond donors (Lipinski definition) is 2. The van der Waals surface area contributed by atoms with Crippen LogP contribution in [0.3, 0.4) is 0 Å². The van der Waals surface area contributed by atoms with Gasteiger partial charge in [-0.25, -0.2) is 0 Å². The molecular weight excluding hydrogens is 360 g/mol. The molecule has 5 rings (SSSR count). The average Bonchev–Trinajstić information content (AvgIpc) is 3.34. The summed E-state index contributed by atoms with van der Waals surface area (Å²) in [6, 6.07) is 17.4. The van der Waals surface area contributed by atoms with Gasteiger partial charge in [0.05, 0.1) is 6.61 Å². The Morgan fingerprint density at radius 3 is 2.93 bits per heavy atom. The molecule has 1 atom stereocenters. The van der Waals surface area contributed by atoms with Crippen molar-refractivity contribution in [2.75, 3.05) is 25.0 Å². The van der Waals surface area contributed by atoms with Crippen LogP contribution in [0.1, 0.15) is 12.0 Å². The number of nitrogens with zero attached hydrogens (tertiary/aromatic N) is 3. The topological polar surface area (TPSA) is 53.3 Å². The molecule has 2 aromatic carbocycles.